The largest absolute Gasteiger partial charge is 0.355 e. The first-order valence-electron chi connectivity index (χ1n) is 6.16. The van der Waals surface area contributed by atoms with Crippen molar-refractivity contribution in [3.8, 4) is 0 Å². The lowest BCUT2D eigenvalue weighted by Crippen LogP contribution is -2.33. The Hall–Kier alpha value is -1.03. The highest BCUT2D eigenvalue weighted by molar-refractivity contribution is 6.32. The number of aromatic amines is 1. The van der Waals surface area contributed by atoms with E-state index in [1.807, 2.05) is 7.05 Å². The molecule has 0 radical (unpaired) electrons. The first kappa shape index (κ1) is 12.4. The third-order valence-electron chi connectivity index (χ3n) is 3.48. The topological polar surface area (TPSA) is 49.0 Å². The number of hydrogen-bond donors (Lipinski definition) is 1. The monoisotopic (exact) mass is 255 g/mol. The fourth-order valence-electron chi connectivity index (χ4n) is 2.44. The van der Waals surface area contributed by atoms with Gasteiger partial charge in [-0.2, -0.15) is 0 Å². The van der Waals surface area contributed by atoms with E-state index >= 15 is 0 Å². The minimum absolute atomic E-state index is 0.194. The third kappa shape index (κ3) is 2.80. The van der Waals surface area contributed by atoms with Gasteiger partial charge in [0.1, 0.15) is 5.02 Å². The summed E-state index contributed by atoms with van der Waals surface area (Å²) in [6.45, 7) is 0. The SMILES string of the molecule is CN(c1nc[nH]c(=O)c1Cl)C1CCCCCC1. The molecule has 0 atom stereocenters. The predicted octanol–water partition coefficient (Wildman–Crippen LogP) is 2.58. The van der Waals surface area contributed by atoms with Crippen molar-refractivity contribution in [1.29, 1.82) is 0 Å². The quantitative estimate of drug-likeness (QED) is 0.827. The zero-order chi connectivity index (χ0) is 12.3. The molecule has 1 aromatic rings. The molecular weight excluding hydrogens is 238 g/mol. The van der Waals surface area contributed by atoms with Crippen LogP contribution in [0.4, 0.5) is 5.82 Å². The van der Waals surface area contributed by atoms with Crippen LogP contribution in [0.15, 0.2) is 11.1 Å². The summed E-state index contributed by atoms with van der Waals surface area (Å²) in [5.41, 5.74) is -0.267. The van der Waals surface area contributed by atoms with Crippen molar-refractivity contribution in [2.45, 2.75) is 44.6 Å². The summed E-state index contributed by atoms with van der Waals surface area (Å²) in [7, 11) is 1.98. The third-order valence-corrected chi connectivity index (χ3v) is 3.83. The van der Waals surface area contributed by atoms with Crippen LogP contribution in [0.3, 0.4) is 0 Å². The van der Waals surface area contributed by atoms with Gasteiger partial charge in [-0.25, -0.2) is 4.98 Å². The summed E-state index contributed by atoms with van der Waals surface area (Å²) in [5.74, 6) is 0.599. The zero-order valence-corrected chi connectivity index (χ0v) is 10.8. The molecule has 0 unspecified atom stereocenters. The van der Waals surface area contributed by atoms with Crippen LogP contribution in [-0.2, 0) is 0 Å². The number of hydrogen-bond acceptors (Lipinski definition) is 3. The number of aromatic nitrogens is 2. The number of H-pyrrole nitrogens is 1. The van der Waals surface area contributed by atoms with E-state index in [0.717, 1.165) is 12.8 Å². The molecule has 1 aliphatic carbocycles. The van der Waals surface area contributed by atoms with E-state index in [2.05, 4.69) is 14.9 Å². The summed E-state index contributed by atoms with van der Waals surface area (Å²) >= 11 is 6.00. The van der Waals surface area contributed by atoms with Crippen LogP contribution in [0.2, 0.25) is 5.02 Å². The minimum Gasteiger partial charge on any atom is -0.355 e. The molecule has 0 amide bonds. The lowest BCUT2D eigenvalue weighted by molar-refractivity contribution is 0.548. The molecule has 5 heteroatoms. The van der Waals surface area contributed by atoms with Gasteiger partial charge in [-0.1, -0.05) is 37.3 Å². The van der Waals surface area contributed by atoms with Gasteiger partial charge in [-0.05, 0) is 12.8 Å². The van der Waals surface area contributed by atoms with Gasteiger partial charge in [0.25, 0.3) is 5.56 Å². The van der Waals surface area contributed by atoms with Crippen LogP contribution < -0.4 is 10.5 Å². The van der Waals surface area contributed by atoms with Crippen molar-refractivity contribution in [2.75, 3.05) is 11.9 Å². The number of nitrogens with zero attached hydrogens (tertiary/aromatic N) is 2. The average molecular weight is 256 g/mol. The van der Waals surface area contributed by atoms with E-state index < -0.39 is 0 Å². The Balaban J connectivity index is 2.20. The molecule has 94 valence electrons. The maximum atomic E-state index is 11.4. The van der Waals surface area contributed by atoms with Gasteiger partial charge in [0.2, 0.25) is 0 Å². The molecule has 1 fully saturated rings. The highest BCUT2D eigenvalue weighted by Crippen LogP contribution is 2.26. The van der Waals surface area contributed by atoms with Crippen LogP contribution >= 0.6 is 11.6 Å². The molecule has 1 aromatic heterocycles. The predicted molar refractivity (Wildman–Crippen MR) is 69.8 cm³/mol. The van der Waals surface area contributed by atoms with Gasteiger partial charge >= 0.3 is 0 Å². The lowest BCUT2D eigenvalue weighted by Gasteiger charge is -2.28. The van der Waals surface area contributed by atoms with Crippen molar-refractivity contribution < 1.29 is 0 Å². The zero-order valence-electron chi connectivity index (χ0n) is 10.1. The maximum absolute atomic E-state index is 11.4. The number of nitrogens with one attached hydrogen (secondary N) is 1. The molecule has 0 aromatic carbocycles. The van der Waals surface area contributed by atoms with E-state index in [1.165, 1.54) is 32.0 Å². The molecule has 1 N–H and O–H groups in total. The number of anilines is 1. The van der Waals surface area contributed by atoms with Crippen molar-refractivity contribution >= 4 is 17.4 Å². The van der Waals surface area contributed by atoms with Gasteiger partial charge in [0.15, 0.2) is 5.82 Å². The fourth-order valence-corrected chi connectivity index (χ4v) is 2.67. The van der Waals surface area contributed by atoms with Crippen LogP contribution in [-0.4, -0.2) is 23.1 Å². The maximum Gasteiger partial charge on any atom is 0.271 e. The molecule has 2 rings (SSSR count). The Morgan fingerprint density at radius 1 is 1.35 bits per heavy atom. The Kier molecular flexibility index (Phi) is 4.05. The fraction of sp³-hybridized carbons (Fsp3) is 0.667. The molecular formula is C12H18ClN3O. The van der Waals surface area contributed by atoms with Gasteiger partial charge in [0.05, 0.1) is 6.33 Å². The van der Waals surface area contributed by atoms with E-state index in [9.17, 15) is 4.79 Å². The Bertz CT molecular complexity index is 424. The Labute approximate surface area is 106 Å². The first-order chi connectivity index (χ1) is 8.20. The molecule has 0 bridgehead atoms. The summed E-state index contributed by atoms with van der Waals surface area (Å²) < 4.78 is 0. The molecule has 17 heavy (non-hydrogen) atoms. The minimum atomic E-state index is -0.267. The second-order valence-corrected chi connectivity index (χ2v) is 5.00. The molecule has 0 saturated heterocycles. The summed E-state index contributed by atoms with van der Waals surface area (Å²) in [4.78, 5) is 20.2. The molecule has 1 aliphatic rings. The van der Waals surface area contributed by atoms with Crippen LogP contribution in [0, 0.1) is 0 Å². The van der Waals surface area contributed by atoms with Crippen molar-refractivity contribution in [2.24, 2.45) is 0 Å². The molecule has 0 aliphatic heterocycles. The Morgan fingerprint density at radius 3 is 2.65 bits per heavy atom. The number of rotatable bonds is 2. The molecule has 0 spiro atoms. The second kappa shape index (κ2) is 5.54. The van der Waals surface area contributed by atoms with E-state index in [-0.39, 0.29) is 10.6 Å². The lowest BCUT2D eigenvalue weighted by atomic mass is 10.1. The van der Waals surface area contributed by atoms with E-state index in [0.29, 0.717) is 11.9 Å². The van der Waals surface area contributed by atoms with Gasteiger partial charge in [0, 0.05) is 13.1 Å². The van der Waals surface area contributed by atoms with Gasteiger partial charge in [-0.15, -0.1) is 0 Å². The molecule has 4 nitrogen and oxygen atoms in total. The van der Waals surface area contributed by atoms with Crippen LogP contribution in [0.1, 0.15) is 38.5 Å². The summed E-state index contributed by atoms with van der Waals surface area (Å²) in [6.07, 6.45) is 8.83. The highest BCUT2D eigenvalue weighted by atomic mass is 35.5. The van der Waals surface area contributed by atoms with E-state index in [1.54, 1.807) is 0 Å². The average Bonchev–Trinajstić information content (AvgIpc) is 2.60. The summed E-state index contributed by atoms with van der Waals surface area (Å²) in [6, 6.07) is 0.448. The van der Waals surface area contributed by atoms with E-state index in [4.69, 9.17) is 11.6 Å². The summed E-state index contributed by atoms with van der Waals surface area (Å²) in [5, 5.41) is 0.194. The van der Waals surface area contributed by atoms with Gasteiger partial charge < -0.3 is 9.88 Å². The van der Waals surface area contributed by atoms with Crippen molar-refractivity contribution in [3.05, 3.63) is 21.7 Å². The Morgan fingerprint density at radius 2 is 2.00 bits per heavy atom. The smallest absolute Gasteiger partial charge is 0.271 e. The van der Waals surface area contributed by atoms with Crippen molar-refractivity contribution in [1.82, 2.24) is 9.97 Å². The first-order valence-corrected chi connectivity index (χ1v) is 6.54. The van der Waals surface area contributed by atoms with Gasteiger partial charge in [-0.3, -0.25) is 4.79 Å². The van der Waals surface area contributed by atoms with Crippen molar-refractivity contribution in [3.63, 3.8) is 0 Å². The highest BCUT2D eigenvalue weighted by Gasteiger charge is 2.20. The molecule has 1 saturated carbocycles. The number of halogens is 1. The normalized spacial score (nSPS) is 17.8. The molecule has 1 heterocycles. The van der Waals surface area contributed by atoms with Crippen LogP contribution in [0.5, 0.6) is 0 Å². The second-order valence-electron chi connectivity index (χ2n) is 4.63. The van der Waals surface area contributed by atoms with Crippen LogP contribution in [0.25, 0.3) is 0 Å². The standard InChI is InChI=1S/C12H18ClN3O/c1-16(9-6-4-2-3-5-7-9)11-10(13)12(17)15-8-14-11/h8-9H,2-7H2,1H3,(H,14,15,17).